The van der Waals surface area contributed by atoms with Crippen LogP contribution in [0.3, 0.4) is 0 Å². The number of hydrogen-bond acceptors (Lipinski definition) is 4. The maximum absolute atomic E-state index is 12.7. The Hall–Kier alpha value is -1.99. The van der Waals surface area contributed by atoms with E-state index in [1.54, 1.807) is 23.4 Å². The van der Waals surface area contributed by atoms with Crippen molar-refractivity contribution in [1.82, 2.24) is 24.5 Å². The second kappa shape index (κ2) is 5.58. The number of fused-ring (bicyclic) bond motifs is 2. The quantitative estimate of drug-likeness (QED) is 0.639. The number of amides is 1. The molecule has 6 nitrogen and oxygen atoms in total. The summed E-state index contributed by atoms with van der Waals surface area (Å²) in [6, 6.07) is 3.68. The van der Waals surface area contributed by atoms with Gasteiger partial charge in [-0.2, -0.15) is 5.10 Å². The molecule has 8 heteroatoms. The third kappa shape index (κ3) is 2.70. The summed E-state index contributed by atoms with van der Waals surface area (Å²) in [4.78, 5) is 23.0. The zero-order valence-corrected chi connectivity index (χ0v) is 14.3. The Morgan fingerprint density at radius 1 is 1.26 bits per heavy atom. The molecule has 1 aliphatic rings. The summed E-state index contributed by atoms with van der Waals surface area (Å²) in [6.45, 7) is 1.16. The average Bonchev–Trinajstić information content (AvgIpc) is 2.96. The molecule has 4 heterocycles. The standard InChI is InChI=1S/C15H11BrClN5O/c16-10-3-9-7-21(2-1-12(9)18-5-10)15(23)13-4-14-19-6-11(17)8-22(14)20-13/h3-6,8H,1-2,7H2. The van der Waals surface area contributed by atoms with Crippen LogP contribution < -0.4 is 0 Å². The minimum Gasteiger partial charge on any atom is -0.332 e. The third-order valence-electron chi connectivity index (χ3n) is 3.79. The van der Waals surface area contributed by atoms with E-state index in [9.17, 15) is 4.79 Å². The zero-order chi connectivity index (χ0) is 16.0. The Bertz CT molecular complexity index is 925. The van der Waals surface area contributed by atoms with E-state index in [4.69, 9.17) is 11.6 Å². The molecule has 116 valence electrons. The van der Waals surface area contributed by atoms with Crippen molar-refractivity contribution in [2.75, 3.05) is 6.54 Å². The van der Waals surface area contributed by atoms with E-state index in [0.29, 0.717) is 29.5 Å². The van der Waals surface area contributed by atoms with Crippen molar-refractivity contribution in [2.24, 2.45) is 0 Å². The van der Waals surface area contributed by atoms with Crippen molar-refractivity contribution in [3.63, 3.8) is 0 Å². The smallest absolute Gasteiger partial charge is 0.274 e. The van der Waals surface area contributed by atoms with Crippen molar-refractivity contribution in [2.45, 2.75) is 13.0 Å². The highest BCUT2D eigenvalue weighted by Gasteiger charge is 2.24. The zero-order valence-electron chi connectivity index (χ0n) is 11.9. The summed E-state index contributed by atoms with van der Waals surface area (Å²) in [5.41, 5.74) is 3.07. The molecule has 0 spiro atoms. The lowest BCUT2D eigenvalue weighted by molar-refractivity contribution is 0.0727. The molecule has 0 saturated carbocycles. The van der Waals surface area contributed by atoms with Gasteiger partial charge in [-0.3, -0.25) is 9.78 Å². The van der Waals surface area contributed by atoms with Gasteiger partial charge in [0.15, 0.2) is 11.3 Å². The number of carbonyl (C=O) groups is 1. The van der Waals surface area contributed by atoms with Crippen LogP contribution >= 0.6 is 27.5 Å². The first-order chi connectivity index (χ1) is 11.1. The monoisotopic (exact) mass is 391 g/mol. The molecule has 3 aromatic heterocycles. The fourth-order valence-electron chi connectivity index (χ4n) is 2.69. The van der Waals surface area contributed by atoms with Crippen LogP contribution in [0.1, 0.15) is 21.7 Å². The highest BCUT2D eigenvalue weighted by atomic mass is 79.9. The van der Waals surface area contributed by atoms with Crippen molar-refractivity contribution in [3.05, 3.63) is 57.2 Å². The van der Waals surface area contributed by atoms with Gasteiger partial charge in [0.2, 0.25) is 0 Å². The molecule has 0 aromatic carbocycles. The number of halogens is 2. The third-order valence-corrected chi connectivity index (χ3v) is 4.42. The Kier molecular flexibility index (Phi) is 3.54. The molecule has 0 N–H and O–H groups in total. The van der Waals surface area contributed by atoms with Gasteiger partial charge in [-0.1, -0.05) is 11.6 Å². The number of aromatic nitrogens is 4. The molecule has 0 bridgehead atoms. The van der Waals surface area contributed by atoms with Gasteiger partial charge >= 0.3 is 0 Å². The van der Waals surface area contributed by atoms with Gasteiger partial charge < -0.3 is 4.90 Å². The van der Waals surface area contributed by atoms with E-state index in [-0.39, 0.29) is 5.91 Å². The van der Waals surface area contributed by atoms with Crippen LogP contribution in [0.2, 0.25) is 5.02 Å². The Labute approximate surface area is 145 Å². The lowest BCUT2D eigenvalue weighted by Gasteiger charge is -2.27. The Morgan fingerprint density at radius 3 is 3.00 bits per heavy atom. The SMILES string of the molecule is O=C(c1cc2ncc(Cl)cn2n1)N1CCc2ncc(Br)cc2C1. The van der Waals surface area contributed by atoms with Gasteiger partial charge in [-0.05, 0) is 27.6 Å². The van der Waals surface area contributed by atoms with E-state index < -0.39 is 0 Å². The number of hydrogen-bond donors (Lipinski definition) is 0. The molecule has 23 heavy (non-hydrogen) atoms. The first-order valence-corrected chi connectivity index (χ1v) is 8.21. The summed E-state index contributed by atoms with van der Waals surface area (Å²) in [6.07, 6.45) is 5.69. The molecule has 0 radical (unpaired) electrons. The molecular formula is C15H11BrClN5O. The van der Waals surface area contributed by atoms with Gasteiger partial charge in [0.05, 0.1) is 11.2 Å². The summed E-state index contributed by atoms with van der Waals surface area (Å²) in [5.74, 6) is -0.114. The molecule has 0 fully saturated rings. The van der Waals surface area contributed by atoms with Crippen molar-refractivity contribution >= 4 is 39.1 Å². The van der Waals surface area contributed by atoms with Crippen molar-refractivity contribution in [3.8, 4) is 0 Å². The predicted molar refractivity (Wildman–Crippen MR) is 88.4 cm³/mol. The summed E-state index contributed by atoms with van der Waals surface area (Å²) in [5, 5.41) is 4.75. The topological polar surface area (TPSA) is 63.4 Å². The molecule has 0 unspecified atom stereocenters. The lowest BCUT2D eigenvalue weighted by Crippen LogP contribution is -2.36. The van der Waals surface area contributed by atoms with Crippen LogP contribution in [-0.4, -0.2) is 36.9 Å². The number of pyridine rings is 1. The molecule has 1 amide bonds. The fraction of sp³-hybridized carbons (Fsp3) is 0.200. The molecular weight excluding hydrogens is 382 g/mol. The average molecular weight is 393 g/mol. The molecule has 0 atom stereocenters. The van der Waals surface area contributed by atoms with E-state index in [0.717, 1.165) is 22.2 Å². The maximum Gasteiger partial charge on any atom is 0.274 e. The van der Waals surface area contributed by atoms with Gasteiger partial charge in [-0.25, -0.2) is 9.50 Å². The summed E-state index contributed by atoms with van der Waals surface area (Å²) >= 11 is 9.32. The number of rotatable bonds is 1. The van der Waals surface area contributed by atoms with Gasteiger partial charge in [-0.15, -0.1) is 0 Å². The molecule has 0 saturated heterocycles. The molecule has 0 aliphatic carbocycles. The van der Waals surface area contributed by atoms with Crippen molar-refractivity contribution in [1.29, 1.82) is 0 Å². The Morgan fingerprint density at radius 2 is 2.13 bits per heavy atom. The van der Waals surface area contributed by atoms with Crippen LogP contribution in [0.5, 0.6) is 0 Å². The second-order valence-electron chi connectivity index (χ2n) is 5.34. The van der Waals surface area contributed by atoms with Gasteiger partial charge in [0.25, 0.3) is 5.91 Å². The Balaban J connectivity index is 1.63. The maximum atomic E-state index is 12.7. The van der Waals surface area contributed by atoms with E-state index >= 15 is 0 Å². The van der Waals surface area contributed by atoms with Gasteiger partial charge in [0.1, 0.15) is 0 Å². The summed E-state index contributed by atoms with van der Waals surface area (Å²) < 4.78 is 2.43. The predicted octanol–water partition coefficient (Wildman–Crippen LogP) is 2.74. The molecule has 4 rings (SSSR count). The largest absolute Gasteiger partial charge is 0.332 e. The summed E-state index contributed by atoms with van der Waals surface area (Å²) in [7, 11) is 0. The first-order valence-electron chi connectivity index (χ1n) is 7.04. The van der Waals surface area contributed by atoms with Crippen LogP contribution in [0, 0.1) is 0 Å². The van der Waals surface area contributed by atoms with Crippen LogP contribution in [0.15, 0.2) is 35.2 Å². The van der Waals surface area contributed by atoms with E-state index in [2.05, 4.69) is 31.0 Å². The van der Waals surface area contributed by atoms with E-state index in [1.807, 2.05) is 6.07 Å². The highest BCUT2D eigenvalue weighted by Crippen LogP contribution is 2.22. The van der Waals surface area contributed by atoms with Crippen LogP contribution in [0.4, 0.5) is 0 Å². The van der Waals surface area contributed by atoms with Crippen LogP contribution in [0.25, 0.3) is 5.65 Å². The van der Waals surface area contributed by atoms with Gasteiger partial charge in [0, 0.05) is 48.1 Å². The van der Waals surface area contributed by atoms with Crippen LogP contribution in [-0.2, 0) is 13.0 Å². The molecule has 3 aromatic rings. The van der Waals surface area contributed by atoms with Crippen molar-refractivity contribution < 1.29 is 4.79 Å². The minimum atomic E-state index is -0.114. The number of nitrogens with zero attached hydrogens (tertiary/aromatic N) is 5. The number of carbonyl (C=O) groups excluding carboxylic acids is 1. The normalized spacial score (nSPS) is 14.1. The lowest BCUT2D eigenvalue weighted by atomic mass is 10.1. The fourth-order valence-corrected chi connectivity index (χ4v) is 3.21. The highest BCUT2D eigenvalue weighted by molar-refractivity contribution is 9.10. The first kappa shape index (κ1) is 14.6. The minimum absolute atomic E-state index is 0.114. The second-order valence-corrected chi connectivity index (χ2v) is 6.69. The van der Waals surface area contributed by atoms with E-state index in [1.165, 1.54) is 10.7 Å². The molecule has 1 aliphatic heterocycles.